The maximum absolute atomic E-state index is 6.00. The molecule has 2 aromatic rings. The van der Waals surface area contributed by atoms with Gasteiger partial charge in [0.1, 0.15) is 5.75 Å². The van der Waals surface area contributed by atoms with Crippen molar-refractivity contribution in [3.63, 3.8) is 0 Å². The first-order valence-electron chi connectivity index (χ1n) is 7.97. The Labute approximate surface area is 125 Å². The van der Waals surface area contributed by atoms with E-state index in [0.717, 1.165) is 12.4 Å². The quantitative estimate of drug-likeness (QED) is 0.727. The number of hydrogen-bond donors (Lipinski definition) is 0. The molecule has 1 fully saturated rings. The summed E-state index contributed by atoms with van der Waals surface area (Å²) in [7, 11) is 0. The van der Waals surface area contributed by atoms with Gasteiger partial charge in [-0.3, -0.25) is 4.90 Å². The van der Waals surface area contributed by atoms with Crippen LogP contribution in [-0.4, -0.2) is 18.1 Å². The Morgan fingerprint density at radius 3 is 2.71 bits per heavy atom. The van der Waals surface area contributed by atoms with Crippen molar-refractivity contribution in [1.82, 2.24) is 4.90 Å². The Balaban J connectivity index is 1.60. The smallest absolute Gasteiger partial charge is 0.124 e. The fraction of sp³-hybridized carbons (Fsp3) is 0.368. The standard InChI is InChI=1S/C19H19NO/c1-2-6-15-13(5-1)9-10-20-17(15)11-14-12-21-18-8-4-3-7-16(18)19(14)20/h1-8,14,17,19H,9-12H2/t14-,17-,19-/m0/s1. The molecule has 106 valence electrons. The van der Waals surface area contributed by atoms with E-state index in [9.17, 15) is 0 Å². The second-order valence-electron chi connectivity index (χ2n) is 6.49. The van der Waals surface area contributed by atoms with Crippen LogP contribution in [0.1, 0.15) is 35.2 Å². The van der Waals surface area contributed by atoms with Gasteiger partial charge in [-0.05, 0) is 30.0 Å². The molecule has 0 spiro atoms. The predicted molar refractivity (Wildman–Crippen MR) is 82.4 cm³/mol. The Kier molecular flexibility index (Phi) is 2.45. The Morgan fingerprint density at radius 2 is 1.76 bits per heavy atom. The average Bonchev–Trinajstić information content (AvgIpc) is 2.94. The van der Waals surface area contributed by atoms with Crippen LogP contribution in [0.5, 0.6) is 5.75 Å². The monoisotopic (exact) mass is 277 g/mol. The van der Waals surface area contributed by atoms with E-state index in [-0.39, 0.29) is 0 Å². The van der Waals surface area contributed by atoms with Crippen molar-refractivity contribution in [2.45, 2.75) is 24.9 Å². The summed E-state index contributed by atoms with van der Waals surface area (Å²) >= 11 is 0. The normalized spacial score (nSPS) is 29.8. The molecule has 0 aliphatic carbocycles. The number of hydrogen-bond acceptors (Lipinski definition) is 2. The van der Waals surface area contributed by atoms with Gasteiger partial charge < -0.3 is 4.74 Å². The number of benzene rings is 2. The van der Waals surface area contributed by atoms with Gasteiger partial charge in [0.05, 0.1) is 6.61 Å². The molecule has 3 aliphatic heterocycles. The fourth-order valence-corrected chi connectivity index (χ4v) is 4.60. The minimum Gasteiger partial charge on any atom is -0.493 e. The summed E-state index contributed by atoms with van der Waals surface area (Å²) in [6, 6.07) is 18.7. The molecule has 0 bridgehead atoms. The maximum atomic E-state index is 6.00. The van der Waals surface area contributed by atoms with Crippen LogP contribution in [0.15, 0.2) is 48.5 Å². The summed E-state index contributed by atoms with van der Waals surface area (Å²) in [5.41, 5.74) is 4.50. The summed E-state index contributed by atoms with van der Waals surface area (Å²) in [5, 5.41) is 0. The zero-order chi connectivity index (χ0) is 13.8. The van der Waals surface area contributed by atoms with Crippen LogP contribution >= 0.6 is 0 Å². The van der Waals surface area contributed by atoms with E-state index in [0.29, 0.717) is 18.0 Å². The van der Waals surface area contributed by atoms with Gasteiger partial charge in [0.25, 0.3) is 0 Å². The van der Waals surface area contributed by atoms with Crippen molar-refractivity contribution in [2.24, 2.45) is 5.92 Å². The lowest BCUT2D eigenvalue weighted by Crippen LogP contribution is -2.35. The third-order valence-electron chi connectivity index (χ3n) is 5.47. The Hall–Kier alpha value is -1.80. The highest BCUT2D eigenvalue weighted by Crippen LogP contribution is 2.53. The Morgan fingerprint density at radius 1 is 0.952 bits per heavy atom. The highest BCUT2D eigenvalue weighted by Gasteiger charge is 2.47. The van der Waals surface area contributed by atoms with Crippen molar-refractivity contribution >= 4 is 0 Å². The lowest BCUT2D eigenvalue weighted by atomic mass is 9.90. The second kappa shape index (κ2) is 4.35. The van der Waals surface area contributed by atoms with Crippen molar-refractivity contribution < 1.29 is 4.74 Å². The zero-order valence-electron chi connectivity index (χ0n) is 12.0. The van der Waals surface area contributed by atoms with Gasteiger partial charge in [0.2, 0.25) is 0 Å². The first-order valence-corrected chi connectivity index (χ1v) is 7.97. The van der Waals surface area contributed by atoms with Crippen LogP contribution in [0, 0.1) is 5.92 Å². The highest BCUT2D eigenvalue weighted by atomic mass is 16.5. The number of nitrogens with zero attached hydrogens (tertiary/aromatic N) is 1. The minimum absolute atomic E-state index is 0.549. The van der Waals surface area contributed by atoms with Gasteiger partial charge in [-0.2, -0.15) is 0 Å². The molecule has 5 rings (SSSR count). The van der Waals surface area contributed by atoms with E-state index >= 15 is 0 Å². The lowest BCUT2D eigenvalue weighted by Gasteiger charge is -2.38. The third kappa shape index (κ3) is 1.63. The SMILES string of the molecule is c1ccc2c(c1)CCN1[C@@H]3c4ccccc4OC[C@@H]3C[C@@H]21. The van der Waals surface area contributed by atoms with Crippen LogP contribution in [0.4, 0.5) is 0 Å². The van der Waals surface area contributed by atoms with E-state index in [1.807, 2.05) is 0 Å². The van der Waals surface area contributed by atoms with Gasteiger partial charge in [-0.25, -0.2) is 0 Å². The van der Waals surface area contributed by atoms with Crippen LogP contribution < -0.4 is 4.74 Å². The number of rotatable bonds is 0. The van der Waals surface area contributed by atoms with Crippen LogP contribution in [0.2, 0.25) is 0 Å². The number of fused-ring (bicyclic) bond motifs is 7. The molecule has 0 radical (unpaired) electrons. The third-order valence-corrected chi connectivity index (χ3v) is 5.47. The van der Waals surface area contributed by atoms with Crippen molar-refractivity contribution in [2.75, 3.05) is 13.2 Å². The topological polar surface area (TPSA) is 12.5 Å². The highest BCUT2D eigenvalue weighted by molar-refractivity contribution is 5.41. The largest absolute Gasteiger partial charge is 0.493 e. The fourth-order valence-electron chi connectivity index (χ4n) is 4.60. The first kappa shape index (κ1) is 11.8. The molecular weight excluding hydrogens is 258 g/mol. The summed E-state index contributed by atoms with van der Waals surface area (Å²) in [6.45, 7) is 2.05. The lowest BCUT2D eigenvalue weighted by molar-refractivity contribution is 0.128. The second-order valence-corrected chi connectivity index (χ2v) is 6.49. The molecule has 1 saturated heterocycles. The minimum atomic E-state index is 0.549. The van der Waals surface area contributed by atoms with E-state index in [2.05, 4.69) is 53.4 Å². The summed E-state index contributed by atoms with van der Waals surface area (Å²) in [6.07, 6.45) is 2.41. The van der Waals surface area contributed by atoms with Crippen LogP contribution in [-0.2, 0) is 6.42 Å². The van der Waals surface area contributed by atoms with Gasteiger partial charge in [-0.15, -0.1) is 0 Å². The number of para-hydroxylation sites is 1. The molecule has 0 unspecified atom stereocenters. The summed E-state index contributed by atoms with van der Waals surface area (Å²) < 4.78 is 6.00. The molecule has 3 heterocycles. The molecule has 0 aromatic heterocycles. The van der Waals surface area contributed by atoms with Gasteiger partial charge in [0, 0.05) is 30.1 Å². The molecule has 21 heavy (non-hydrogen) atoms. The Bertz CT molecular complexity index is 695. The molecule has 0 amide bonds. The molecule has 0 N–H and O–H groups in total. The molecular formula is C19H19NO. The van der Waals surface area contributed by atoms with Gasteiger partial charge >= 0.3 is 0 Å². The van der Waals surface area contributed by atoms with Crippen molar-refractivity contribution in [3.05, 3.63) is 65.2 Å². The van der Waals surface area contributed by atoms with Gasteiger partial charge in [0.15, 0.2) is 0 Å². The van der Waals surface area contributed by atoms with Crippen molar-refractivity contribution in [3.8, 4) is 5.75 Å². The molecule has 2 nitrogen and oxygen atoms in total. The first-order chi connectivity index (χ1) is 10.4. The van der Waals surface area contributed by atoms with E-state index in [1.165, 1.54) is 24.9 Å². The van der Waals surface area contributed by atoms with E-state index in [4.69, 9.17) is 4.74 Å². The maximum Gasteiger partial charge on any atom is 0.124 e. The summed E-state index contributed by atoms with van der Waals surface area (Å²) in [5.74, 6) is 1.73. The van der Waals surface area contributed by atoms with Crippen molar-refractivity contribution in [1.29, 1.82) is 0 Å². The molecule has 2 heteroatoms. The molecule has 2 aromatic carbocycles. The number of ether oxygens (including phenoxy) is 1. The zero-order valence-corrected chi connectivity index (χ0v) is 12.0. The molecule has 0 saturated carbocycles. The van der Waals surface area contributed by atoms with Gasteiger partial charge in [-0.1, -0.05) is 42.5 Å². The molecule has 3 aliphatic rings. The van der Waals surface area contributed by atoms with Crippen LogP contribution in [0.3, 0.4) is 0 Å². The average molecular weight is 277 g/mol. The van der Waals surface area contributed by atoms with E-state index < -0.39 is 0 Å². The summed E-state index contributed by atoms with van der Waals surface area (Å²) in [4.78, 5) is 2.73. The van der Waals surface area contributed by atoms with E-state index in [1.54, 1.807) is 11.1 Å². The van der Waals surface area contributed by atoms with Crippen LogP contribution in [0.25, 0.3) is 0 Å². The molecule has 3 atom stereocenters. The predicted octanol–water partition coefficient (Wildman–Crippen LogP) is 3.74.